The van der Waals surface area contributed by atoms with E-state index in [9.17, 15) is 16.8 Å². The summed E-state index contributed by atoms with van der Waals surface area (Å²) in [4.78, 5) is -0.696. The lowest BCUT2D eigenvalue weighted by atomic mass is 9.54. The Morgan fingerprint density at radius 1 is 0.383 bits per heavy atom. The van der Waals surface area contributed by atoms with Crippen LogP contribution in [0.1, 0.15) is 32.1 Å². The SMILES string of the molecule is O=S(=O)(c1ccccc1)C12CC3(S(=O)(=O)c4ccccc4)CC(S(=O)(=O)c4ccccc4)(C1)C(Cl)C(S(=O)(=O)c1ccccc1)(C2)C3. The first-order valence-corrected chi connectivity index (χ1v) is 21.3. The zero-order chi connectivity index (χ0) is 33.6. The lowest BCUT2D eigenvalue weighted by Crippen LogP contribution is -2.82. The lowest BCUT2D eigenvalue weighted by molar-refractivity contribution is 0.0807. The predicted molar refractivity (Wildman–Crippen MR) is 178 cm³/mol. The van der Waals surface area contributed by atoms with E-state index in [4.69, 9.17) is 11.6 Å². The van der Waals surface area contributed by atoms with Crippen molar-refractivity contribution in [1.82, 2.24) is 0 Å². The van der Waals surface area contributed by atoms with Gasteiger partial charge in [0.1, 0.15) is 0 Å². The van der Waals surface area contributed by atoms with Gasteiger partial charge in [-0.2, -0.15) is 0 Å². The highest BCUT2D eigenvalue weighted by molar-refractivity contribution is 7.96. The topological polar surface area (TPSA) is 137 Å². The molecule has 13 heteroatoms. The Morgan fingerprint density at radius 2 is 0.617 bits per heavy atom. The molecular formula is C34H31ClO8S4. The van der Waals surface area contributed by atoms with Crippen molar-refractivity contribution in [3.05, 3.63) is 121 Å². The number of hydrogen-bond acceptors (Lipinski definition) is 8. The standard InChI is InChI=1S/C34H31ClO8S4/c35-30-33(46(40,41)28-17-9-3-10-18-28)22-31(44(36,37)26-13-5-1-6-14-26)21-32(24-33,45(38,39)27-15-7-2-8-16-27)25-34(30,23-31)47(42,43)29-19-11-4-12-20-29/h1-20,30H,21-25H2. The average Bonchev–Trinajstić information content (AvgIpc) is 3.08. The van der Waals surface area contributed by atoms with E-state index in [0.29, 0.717) is 0 Å². The maximum absolute atomic E-state index is 15.0. The van der Waals surface area contributed by atoms with Crippen molar-refractivity contribution >= 4 is 50.9 Å². The summed E-state index contributed by atoms with van der Waals surface area (Å²) in [7, 11) is -18.5. The Bertz CT molecular complexity index is 2120. The van der Waals surface area contributed by atoms with Crippen LogP contribution in [-0.2, 0) is 39.3 Å². The Kier molecular flexibility index (Phi) is 7.25. The molecule has 0 atom stereocenters. The monoisotopic (exact) mass is 730 g/mol. The van der Waals surface area contributed by atoms with Crippen LogP contribution >= 0.6 is 11.6 Å². The van der Waals surface area contributed by atoms with Crippen LogP contribution in [0.4, 0.5) is 0 Å². The molecule has 0 spiro atoms. The van der Waals surface area contributed by atoms with Gasteiger partial charge in [-0.25, -0.2) is 33.7 Å². The minimum Gasteiger partial charge on any atom is -0.223 e. The second-order valence-electron chi connectivity index (χ2n) is 13.0. The van der Waals surface area contributed by atoms with Crippen LogP contribution in [0.15, 0.2) is 141 Å². The Labute approximate surface area is 280 Å². The number of halogens is 1. The molecule has 0 heterocycles. The summed E-state index contributed by atoms with van der Waals surface area (Å²) in [6.07, 6.45) is -2.76. The van der Waals surface area contributed by atoms with Crippen molar-refractivity contribution in [2.45, 2.75) is 76.1 Å². The highest BCUT2D eigenvalue weighted by Crippen LogP contribution is 2.72. The molecule has 0 N–H and O–H groups in total. The molecule has 47 heavy (non-hydrogen) atoms. The number of sulfone groups is 4. The van der Waals surface area contributed by atoms with Crippen molar-refractivity contribution in [3.8, 4) is 0 Å². The maximum Gasteiger partial charge on any atom is 0.185 e. The largest absolute Gasteiger partial charge is 0.223 e. The van der Waals surface area contributed by atoms with Gasteiger partial charge >= 0.3 is 0 Å². The third-order valence-corrected chi connectivity index (χ3v) is 21.5. The average molecular weight is 731 g/mol. The molecule has 0 saturated heterocycles. The molecule has 0 unspecified atom stereocenters. The lowest BCUT2D eigenvalue weighted by Gasteiger charge is -2.69. The molecule has 4 bridgehead atoms. The molecule has 0 aliphatic heterocycles. The summed E-state index contributed by atoms with van der Waals surface area (Å²) in [6, 6.07) is 29.3. The molecule has 8 rings (SSSR count). The van der Waals surface area contributed by atoms with Gasteiger partial charge in [0.25, 0.3) is 0 Å². The van der Waals surface area contributed by atoms with Gasteiger partial charge < -0.3 is 0 Å². The summed E-state index contributed by atoms with van der Waals surface area (Å²) < 4.78 is 111. The van der Waals surface area contributed by atoms with Gasteiger partial charge in [0.05, 0.1) is 43.9 Å². The minimum absolute atomic E-state index is 0.153. The van der Waals surface area contributed by atoms with Crippen LogP contribution in [0.3, 0.4) is 0 Å². The first-order chi connectivity index (χ1) is 22.1. The summed E-state index contributed by atoms with van der Waals surface area (Å²) in [5.41, 5.74) is 0. The van der Waals surface area contributed by atoms with Crippen molar-refractivity contribution in [2.24, 2.45) is 0 Å². The first-order valence-electron chi connectivity index (χ1n) is 14.9. The molecule has 4 aliphatic rings. The fraction of sp³-hybridized carbons (Fsp3) is 0.294. The van der Waals surface area contributed by atoms with E-state index in [2.05, 4.69) is 0 Å². The number of alkyl halides is 1. The second-order valence-corrected chi connectivity index (χ2v) is 22.7. The highest BCUT2D eigenvalue weighted by Gasteiger charge is 2.83. The summed E-state index contributed by atoms with van der Waals surface area (Å²) >= 11 is 7.32. The minimum atomic E-state index is -4.67. The zero-order valence-corrected chi connectivity index (χ0v) is 29.0. The number of rotatable bonds is 8. The Hall–Kier alpha value is -3.03. The van der Waals surface area contributed by atoms with E-state index < -0.39 is 95.8 Å². The maximum atomic E-state index is 15.0. The predicted octanol–water partition coefficient (Wildman–Crippen LogP) is 5.44. The first kappa shape index (κ1) is 32.5. The van der Waals surface area contributed by atoms with Crippen LogP contribution in [0, 0.1) is 0 Å². The van der Waals surface area contributed by atoms with Crippen LogP contribution in [0.5, 0.6) is 0 Å². The van der Waals surface area contributed by atoms with Gasteiger partial charge in [0, 0.05) is 0 Å². The highest BCUT2D eigenvalue weighted by atomic mass is 35.5. The van der Waals surface area contributed by atoms with Gasteiger partial charge in [-0.1, -0.05) is 72.8 Å². The quantitative estimate of drug-likeness (QED) is 0.219. The molecule has 4 aliphatic carbocycles. The van der Waals surface area contributed by atoms with Crippen LogP contribution < -0.4 is 0 Å². The van der Waals surface area contributed by atoms with Crippen molar-refractivity contribution in [3.63, 3.8) is 0 Å². The molecule has 4 saturated carbocycles. The molecule has 4 aromatic rings. The third kappa shape index (κ3) is 4.20. The zero-order valence-electron chi connectivity index (χ0n) is 24.9. The third-order valence-electron chi connectivity index (χ3n) is 10.5. The summed E-state index contributed by atoms with van der Waals surface area (Å²) in [5, 5.41) is -1.69. The number of hydrogen-bond donors (Lipinski definition) is 0. The van der Waals surface area contributed by atoms with Gasteiger partial charge in [0.15, 0.2) is 39.3 Å². The van der Waals surface area contributed by atoms with Gasteiger partial charge in [-0.15, -0.1) is 11.6 Å². The number of benzene rings is 4. The molecule has 4 fully saturated rings. The second kappa shape index (κ2) is 10.5. The van der Waals surface area contributed by atoms with Crippen LogP contribution in [0.2, 0.25) is 0 Å². The fourth-order valence-electron chi connectivity index (χ4n) is 8.70. The fourth-order valence-corrected chi connectivity index (χ4v) is 19.8. The van der Waals surface area contributed by atoms with E-state index in [1.165, 1.54) is 97.1 Å². The molecule has 4 aromatic carbocycles. The molecule has 0 amide bonds. The molecule has 0 aromatic heterocycles. The molecule has 246 valence electrons. The molecular weight excluding hydrogens is 700 g/mol. The van der Waals surface area contributed by atoms with Gasteiger partial charge in [0.2, 0.25) is 0 Å². The van der Waals surface area contributed by atoms with Gasteiger partial charge in [-0.3, -0.25) is 0 Å². The smallest absolute Gasteiger partial charge is 0.185 e. The van der Waals surface area contributed by atoms with Crippen molar-refractivity contribution in [1.29, 1.82) is 0 Å². The summed E-state index contributed by atoms with van der Waals surface area (Å²) in [5.74, 6) is 0. The van der Waals surface area contributed by atoms with E-state index in [1.807, 2.05) is 0 Å². The van der Waals surface area contributed by atoms with Crippen molar-refractivity contribution in [2.75, 3.05) is 0 Å². The Balaban J connectivity index is 1.63. The van der Waals surface area contributed by atoms with E-state index in [1.54, 1.807) is 24.3 Å². The van der Waals surface area contributed by atoms with E-state index in [-0.39, 0.29) is 19.6 Å². The van der Waals surface area contributed by atoms with Crippen molar-refractivity contribution < 1.29 is 33.7 Å². The van der Waals surface area contributed by atoms with Gasteiger partial charge in [-0.05, 0) is 80.6 Å². The Morgan fingerprint density at radius 3 is 0.872 bits per heavy atom. The molecule has 0 radical (unpaired) electrons. The normalized spacial score (nSPS) is 30.6. The van der Waals surface area contributed by atoms with E-state index in [0.717, 1.165) is 0 Å². The van der Waals surface area contributed by atoms with Crippen LogP contribution in [0.25, 0.3) is 0 Å². The molecule has 8 nitrogen and oxygen atoms in total. The van der Waals surface area contributed by atoms with E-state index >= 15 is 16.8 Å². The summed E-state index contributed by atoms with van der Waals surface area (Å²) in [6.45, 7) is 0. The van der Waals surface area contributed by atoms with Crippen LogP contribution in [-0.4, -0.2) is 58.0 Å².